The van der Waals surface area contributed by atoms with Crippen LogP contribution >= 0.6 is 11.8 Å². The second kappa shape index (κ2) is 6.87. The molecule has 0 saturated carbocycles. The largest absolute Gasteiger partial charge is 0.326 e. The molecule has 1 rings (SSSR count). The van der Waals surface area contributed by atoms with Gasteiger partial charge in [-0.25, -0.2) is 0 Å². The Hall–Kier alpha value is -0.910. The minimum atomic E-state index is 0.0728. The minimum Gasteiger partial charge on any atom is -0.326 e. The van der Waals surface area contributed by atoms with Crippen molar-refractivity contribution in [2.75, 3.05) is 5.75 Å². The van der Waals surface area contributed by atoms with Crippen molar-refractivity contribution < 1.29 is 0 Å². The highest BCUT2D eigenvalue weighted by Crippen LogP contribution is 2.19. The summed E-state index contributed by atoms with van der Waals surface area (Å²) in [6.07, 6.45) is 0.774. The van der Waals surface area contributed by atoms with Crippen molar-refractivity contribution in [3.63, 3.8) is 0 Å². The van der Waals surface area contributed by atoms with Crippen LogP contribution in [0.4, 0.5) is 0 Å². The van der Waals surface area contributed by atoms with E-state index in [-0.39, 0.29) is 11.5 Å². The Morgan fingerprint density at radius 2 is 2.06 bits per heavy atom. The highest BCUT2D eigenvalue weighted by Gasteiger charge is 2.05. The second-order valence-electron chi connectivity index (χ2n) is 5.64. The Labute approximate surface area is 116 Å². The molecule has 1 aromatic rings. The highest BCUT2D eigenvalue weighted by atomic mass is 32.2. The Morgan fingerprint density at radius 3 is 2.67 bits per heavy atom. The molecule has 0 aromatic heterocycles. The first kappa shape index (κ1) is 15.1. The van der Waals surface area contributed by atoms with Gasteiger partial charge in [-0.3, -0.25) is 0 Å². The number of nitrogens with two attached hydrogens (primary N) is 1. The maximum atomic E-state index is 6.07. The average molecular weight is 261 g/mol. The average Bonchev–Trinajstić information content (AvgIpc) is 2.25. The molecular formula is C16H23NS. The van der Waals surface area contributed by atoms with Gasteiger partial charge in [-0.15, -0.1) is 17.7 Å². The Balaban J connectivity index is 2.37. The third-order valence-corrected chi connectivity index (χ3v) is 3.46. The molecule has 0 saturated heterocycles. The molecular weight excluding hydrogens is 238 g/mol. The van der Waals surface area contributed by atoms with Crippen LogP contribution in [0, 0.1) is 24.2 Å². The maximum absolute atomic E-state index is 6.07. The van der Waals surface area contributed by atoms with E-state index in [1.165, 1.54) is 10.5 Å². The summed E-state index contributed by atoms with van der Waals surface area (Å²) in [6, 6.07) is 8.66. The Kier molecular flexibility index (Phi) is 5.78. The normalized spacial score (nSPS) is 12.7. The zero-order valence-electron chi connectivity index (χ0n) is 11.8. The molecule has 98 valence electrons. The fourth-order valence-electron chi connectivity index (χ4n) is 1.41. The van der Waals surface area contributed by atoms with E-state index in [9.17, 15) is 0 Å². The van der Waals surface area contributed by atoms with Crippen molar-refractivity contribution in [2.24, 2.45) is 11.1 Å². The third kappa shape index (κ3) is 6.74. The number of rotatable bonds is 4. The van der Waals surface area contributed by atoms with E-state index in [4.69, 9.17) is 5.73 Å². The van der Waals surface area contributed by atoms with Gasteiger partial charge in [-0.2, -0.15) is 0 Å². The first-order chi connectivity index (χ1) is 8.37. The molecule has 0 aliphatic rings. The molecule has 2 N–H and O–H groups in total. The van der Waals surface area contributed by atoms with Crippen LogP contribution in [0.2, 0.25) is 0 Å². The van der Waals surface area contributed by atoms with Crippen molar-refractivity contribution in [2.45, 2.75) is 45.1 Å². The molecule has 0 heterocycles. The molecule has 0 fully saturated rings. The summed E-state index contributed by atoms with van der Waals surface area (Å²) in [5, 5.41) is 0. The van der Waals surface area contributed by atoms with Crippen LogP contribution in [0.1, 0.15) is 32.8 Å². The summed E-state index contributed by atoms with van der Waals surface area (Å²) in [5.74, 6) is 7.32. The number of aryl methyl sites for hydroxylation is 1. The van der Waals surface area contributed by atoms with Crippen LogP contribution in [-0.2, 0) is 0 Å². The quantitative estimate of drug-likeness (QED) is 0.658. The van der Waals surface area contributed by atoms with E-state index in [1.807, 2.05) is 11.8 Å². The van der Waals surface area contributed by atoms with Crippen molar-refractivity contribution in [3.05, 3.63) is 29.8 Å². The molecule has 0 radical (unpaired) electrons. The Bertz CT molecular complexity index is 434. The SMILES string of the molecule is Cc1cccc(SCC(N)CC#CC(C)(C)C)c1. The van der Waals surface area contributed by atoms with E-state index >= 15 is 0 Å². The summed E-state index contributed by atoms with van der Waals surface area (Å²) in [7, 11) is 0. The topological polar surface area (TPSA) is 26.0 Å². The Morgan fingerprint density at radius 1 is 1.33 bits per heavy atom. The number of thioether (sulfide) groups is 1. The summed E-state index contributed by atoms with van der Waals surface area (Å²) in [4.78, 5) is 1.29. The summed E-state index contributed by atoms with van der Waals surface area (Å²) in [5.41, 5.74) is 7.43. The fraction of sp³-hybridized carbons (Fsp3) is 0.500. The predicted octanol–water partition coefficient (Wildman–Crippen LogP) is 3.85. The monoisotopic (exact) mass is 261 g/mol. The number of benzene rings is 1. The molecule has 0 bridgehead atoms. The zero-order chi connectivity index (χ0) is 13.6. The van der Waals surface area contributed by atoms with Gasteiger partial charge in [0.1, 0.15) is 0 Å². The van der Waals surface area contributed by atoms with E-state index in [0.29, 0.717) is 0 Å². The first-order valence-electron chi connectivity index (χ1n) is 6.32. The van der Waals surface area contributed by atoms with Gasteiger partial charge in [-0.05, 0) is 39.8 Å². The summed E-state index contributed by atoms with van der Waals surface area (Å²) in [6.45, 7) is 8.46. The lowest BCUT2D eigenvalue weighted by molar-refractivity contribution is 0.569. The number of hydrogen-bond donors (Lipinski definition) is 1. The van der Waals surface area contributed by atoms with E-state index in [0.717, 1.165) is 12.2 Å². The maximum Gasteiger partial charge on any atom is 0.0249 e. The molecule has 0 aliphatic heterocycles. The zero-order valence-corrected chi connectivity index (χ0v) is 12.6. The molecule has 2 heteroatoms. The molecule has 18 heavy (non-hydrogen) atoms. The fourth-order valence-corrected chi connectivity index (χ4v) is 2.38. The van der Waals surface area contributed by atoms with Crippen LogP contribution in [0.3, 0.4) is 0 Å². The molecule has 1 unspecified atom stereocenters. The predicted molar refractivity (Wildman–Crippen MR) is 81.7 cm³/mol. The molecule has 1 nitrogen and oxygen atoms in total. The van der Waals surface area contributed by atoms with E-state index in [2.05, 4.69) is 63.8 Å². The van der Waals surface area contributed by atoms with Crippen LogP contribution in [0.5, 0.6) is 0 Å². The number of hydrogen-bond acceptors (Lipinski definition) is 2. The van der Waals surface area contributed by atoms with E-state index < -0.39 is 0 Å². The lowest BCUT2D eigenvalue weighted by Gasteiger charge is -2.10. The van der Waals surface area contributed by atoms with Gasteiger partial charge in [0, 0.05) is 28.5 Å². The molecule has 0 spiro atoms. The van der Waals surface area contributed by atoms with Gasteiger partial charge in [-0.1, -0.05) is 23.6 Å². The van der Waals surface area contributed by atoms with Gasteiger partial charge in [0.05, 0.1) is 0 Å². The molecule has 1 aromatic carbocycles. The van der Waals surface area contributed by atoms with Crippen molar-refractivity contribution in [3.8, 4) is 11.8 Å². The van der Waals surface area contributed by atoms with Crippen LogP contribution in [-0.4, -0.2) is 11.8 Å². The second-order valence-corrected chi connectivity index (χ2v) is 6.74. The first-order valence-corrected chi connectivity index (χ1v) is 7.30. The van der Waals surface area contributed by atoms with Crippen LogP contribution in [0.25, 0.3) is 0 Å². The minimum absolute atomic E-state index is 0.0728. The molecule has 0 amide bonds. The smallest absolute Gasteiger partial charge is 0.0249 e. The van der Waals surface area contributed by atoms with Gasteiger partial charge in [0.15, 0.2) is 0 Å². The van der Waals surface area contributed by atoms with E-state index in [1.54, 1.807) is 0 Å². The van der Waals surface area contributed by atoms with Crippen molar-refractivity contribution >= 4 is 11.8 Å². The van der Waals surface area contributed by atoms with Gasteiger partial charge < -0.3 is 5.73 Å². The van der Waals surface area contributed by atoms with Crippen LogP contribution in [0.15, 0.2) is 29.2 Å². The summed E-state index contributed by atoms with van der Waals surface area (Å²) >= 11 is 1.81. The lowest BCUT2D eigenvalue weighted by Crippen LogP contribution is -2.22. The van der Waals surface area contributed by atoms with Crippen molar-refractivity contribution in [1.82, 2.24) is 0 Å². The standard InChI is InChI=1S/C16H23NS/c1-13-7-5-9-15(11-13)18-12-14(17)8-6-10-16(2,3)4/h5,7,9,11,14H,8,12,17H2,1-4H3. The third-order valence-electron chi connectivity index (χ3n) is 2.28. The summed E-state index contributed by atoms with van der Waals surface area (Å²) < 4.78 is 0. The van der Waals surface area contributed by atoms with Crippen molar-refractivity contribution in [1.29, 1.82) is 0 Å². The van der Waals surface area contributed by atoms with Gasteiger partial charge in [0.25, 0.3) is 0 Å². The highest BCUT2D eigenvalue weighted by molar-refractivity contribution is 7.99. The van der Waals surface area contributed by atoms with Crippen LogP contribution < -0.4 is 5.73 Å². The lowest BCUT2D eigenvalue weighted by atomic mass is 9.98. The molecule has 0 aliphatic carbocycles. The van der Waals surface area contributed by atoms with Gasteiger partial charge >= 0.3 is 0 Å². The van der Waals surface area contributed by atoms with Gasteiger partial charge in [0.2, 0.25) is 0 Å². The molecule has 1 atom stereocenters.